The summed E-state index contributed by atoms with van der Waals surface area (Å²) in [7, 11) is 0. The SMILES string of the molecule is CC(N)C1(c2c(F)ccc(Cl)c2Br)CC1. The van der Waals surface area contributed by atoms with Gasteiger partial charge in [0.1, 0.15) is 5.82 Å². The Hall–Kier alpha value is -0.120. The first-order chi connectivity index (χ1) is 6.99. The molecule has 0 aliphatic heterocycles. The van der Waals surface area contributed by atoms with Gasteiger partial charge in [-0.25, -0.2) is 4.39 Å². The van der Waals surface area contributed by atoms with Crippen molar-refractivity contribution in [3.8, 4) is 0 Å². The van der Waals surface area contributed by atoms with Gasteiger partial charge in [-0.1, -0.05) is 11.6 Å². The summed E-state index contributed by atoms with van der Waals surface area (Å²) in [5.74, 6) is -0.221. The number of rotatable bonds is 2. The van der Waals surface area contributed by atoms with Gasteiger partial charge in [-0.05, 0) is 47.8 Å². The zero-order valence-corrected chi connectivity index (χ0v) is 10.7. The molecule has 1 aliphatic rings. The van der Waals surface area contributed by atoms with Crippen LogP contribution in [0.25, 0.3) is 0 Å². The van der Waals surface area contributed by atoms with Gasteiger partial charge < -0.3 is 5.73 Å². The molecule has 1 nitrogen and oxygen atoms in total. The third kappa shape index (κ3) is 1.71. The van der Waals surface area contributed by atoms with E-state index in [1.54, 1.807) is 6.07 Å². The van der Waals surface area contributed by atoms with E-state index in [-0.39, 0.29) is 17.3 Å². The van der Waals surface area contributed by atoms with Crippen LogP contribution >= 0.6 is 27.5 Å². The van der Waals surface area contributed by atoms with E-state index in [1.165, 1.54) is 6.07 Å². The number of halogens is 3. The molecule has 1 aromatic carbocycles. The van der Waals surface area contributed by atoms with Crippen molar-refractivity contribution < 1.29 is 4.39 Å². The fraction of sp³-hybridized carbons (Fsp3) is 0.455. The van der Waals surface area contributed by atoms with E-state index >= 15 is 0 Å². The molecule has 2 rings (SSSR count). The second kappa shape index (κ2) is 3.72. The third-order valence-corrected chi connectivity index (χ3v) is 4.57. The van der Waals surface area contributed by atoms with Crippen molar-refractivity contribution in [1.82, 2.24) is 0 Å². The first kappa shape index (κ1) is 11.4. The summed E-state index contributed by atoms with van der Waals surface area (Å²) in [4.78, 5) is 0. The highest BCUT2D eigenvalue weighted by Gasteiger charge is 2.50. The summed E-state index contributed by atoms with van der Waals surface area (Å²) < 4.78 is 14.4. The molecule has 0 amide bonds. The van der Waals surface area contributed by atoms with Gasteiger partial charge in [0.2, 0.25) is 0 Å². The largest absolute Gasteiger partial charge is 0.327 e. The van der Waals surface area contributed by atoms with E-state index in [0.717, 1.165) is 12.8 Å². The highest BCUT2D eigenvalue weighted by atomic mass is 79.9. The van der Waals surface area contributed by atoms with Gasteiger partial charge in [0.05, 0.1) is 5.02 Å². The van der Waals surface area contributed by atoms with Crippen molar-refractivity contribution in [2.75, 3.05) is 0 Å². The minimum absolute atomic E-state index is 0.0539. The summed E-state index contributed by atoms with van der Waals surface area (Å²) in [5.41, 5.74) is 6.35. The highest BCUT2D eigenvalue weighted by Crippen LogP contribution is 2.54. The molecule has 15 heavy (non-hydrogen) atoms. The summed E-state index contributed by atoms with van der Waals surface area (Å²) in [5, 5.41) is 0.540. The molecular formula is C11H12BrClFN. The van der Waals surface area contributed by atoms with Crippen LogP contribution in [0.5, 0.6) is 0 Å². The number of hydrogen-bond donors (Lipinski definition) is 1. The Morgan fingerprint density at radius 2 is 2.13 bits per heavy atom. The van der Waals surface area contributed by atoms with Crippen molar-refractivity contribution in [3.05, 3.63) is 33.0 Å². The van der Waals surface area contributed by atoms with E-state index in [2.05, 4.69) is 15.9 Å². The minimum Gasteiger partial charge on any atom is -0.327 e. The van der Waals surface area contributed by atoms with Crippen LogP contribution in [0, 0.1) is 5.82 Å². The van der Waals surface area contributed by atoms with Crippen molar-refractivity contribution in [2.24, 2.45) is 5.73 Å². The summed E-state index contributed by atoms with van der Waals surface area (Å²) in [6.45, 7) is 1.92. The molecule has 1 fully saturated rings. The first-order valence-electron chi connectivity index (χ1n) is 4.88. The maximum atomic E-state index is 13.8. The van der Waals surface area contributed by atoms with Crippen molar-refractivity contribution in [2.45, 2.75) is 31.2 Å². The van der Waals surface area contributed by atoms with E-state index < -0.39 is 0 Å². The van der Waals surface area contributed by atoms with E-state index in [1.807, 2.05) is 6.92 Å². The molecule has 1 aliphatic carbocycles. The third-order valence-electron chi connectivity index (χ3n) is 3.20. The molecule has 0 saturated heterocycles. The molecule has 1 aromatic rings. The lowest BCUT2D eigenvalue weighted by Gasteiger charge is -2.22. The fourth-order valence-electron chi connectivity index (χ4n) is 2.05. The minimum atomic E-state index is -0.221. The van der Waals surface area contributed by atoms with E-state index in [9.17, 15) is 4.39 Å². The molecule has 1 atom stereocenters. The van der Waals surface area contributed by atoms with Crippen molar-refractivity contribution >= 4 is 27.5 Å². The molecule has 82 valence electrons. The number of hydrogen-bond acceptors (Lipinski definition) is 1. The van der Waals surface area contributed by atoms with Crippen LogP contribution in [0.2, 0.25) is 5.02 Å². The van der Waals surface area contributed by atoms with Crippen LogP contribution in [0.4, 0.5) is 4.39 Å². The van der Waals surface area contributed by atoms with Gasteiger partial charge in [-0.15, -0.1) is 0 Å². The second-order valence-electron chi connectivity index (χ2n) is 4.16. The topological polar surface area (TPSA) is 26.0 Å². The predicted octanol–water partition coefficient (Wildman–Crippen LogP) is 3.62. The van der Waals surface area contributed by atoms with Gasteiger partial charge in [0.25, 0.3) is 0 Å². The van der Waals surface area contributed by atoms with E-state index in [0.29, 0.717) is 15.1 Å². The Morgan fingerprint density at radius 3 is 2.60 bits per heavy atom. The van der Waals surface area contributed by atoms with Gasteiger partial charge in [-0.3, -0.25) is 0 Å². The molecule has 0 radical (unpaired) electrons. The normalized spacial score (nSPS) is 20.1. The summed E-state index contributed by atoms with van der Waals surface area (Å²) in [6, 6.07) is 2.91. The zero-order chi connectivity index (χ0) is 11.2. The maximum Gasteiger partial charge on any atom is 0.128 e. The van der Waals surface area contributed by atoms with Gasteiger partial charge >= 0.3 is 0 Å². The molecule has 0 bridgehead atoms. The van der Waals surface area contributed by atoms with Gasteiger partial charge in [-0.2, -0.15) is 0 Å². The first-order valence-corrected chi connectivity index (χ1v) is 6.06. The average Bonchev–Trinajstić information content (AvgIpc) is 2.93. The molecule has 4 heteroatoms. The van der Waals surface area contributed by atoms with Crippen LogP contribution in [-0.4, -0.2) is 6.04 Å². The summed E-state index contributed by atoms with van der Waals surface area (Å²) >= 11 is 9.32. The molecule has 0 spiro atoms. The molecule has 1 saturated carbocycles. The maximum absolute atomic E-state index is 13.8. The zero-order valence-electron chi connectivity index (χ0n) is 8.36. The average molecular weight is 293 g/mol. The summed E-state index contributed by atoms with van der Waals surface area (Å²) in [6.07, 6.45) is 1.86. The molecule has 0 heterocycles. The Balaban J connectivity index is 2.57. The quantitative estimate of drug-likeness (QED) is 0.828. The fourth-order valence-corrected chi connectivity index (χ4v) is 2.93. The lowest BCUT2D eigenvalue weighted by molar-refractivity contribution is 0.509. The molecule has 1 unspecified atom stereocenters. The van der Waals surface area contributed by atoms with Crippen LogP contribution in [0.15, 0.2) is 16.6 Å². The second-order valence-corrected chi connectivity index (χ2v) is 5.36. The lowest BCUT2D eigenvalue weighted by Crippen LogP contribution is -2.32. The highest BCUT2D eigenvalue weighted by molar-refractivity contribution is 9.10. The van der Waals surface area contributed by atoms with E-state index in [4.69, 9.17) is 17.3 Å². The molecule has 0 aromatic heterocycles. The number of nitrogens with two attached hydrogens (primary N) is 1. The van der Waals surface area contributed by atoms with Gasteiger partial charge in [0, 0.05) is 21.5 Å². The Kier molecular flexibility index (Phi) is 2.82. The number of benzene rings is 1. The molecular weight excluding hydrogens is 280 g/mol. The van der Waals surface area contributed by atoms with Crippen LogP contribution in [-0.2, 0) is 5.41 Å². The van der Waals surface area contributed by atoms with Crippen molar-refractivity contribution in [3.63, 3.8) is 0 Å². The Morgan fingerprint density at radius 1 is 1.53 bits per heavy atom. The van der Waals surface area contributed by atoms with Crippen molar-refractivity contribution in [1.29, 1.82) is 0 Å². The smallest absolute Gasteiger partial charge is 0.128 e. The lowest BCUT2D eigenvalue weighted by atomic mass is 9.89. The van der Waals surface area contributed by atoms with Crippen LogP contribution < -0.4 is 5.73 Å². The van der Waals surface area contributed by atoms with Crippen LogP contribution in [0.3, 0.4) is 0 Å². The van der Waals surface area contributed by atoms with Gasteiger partial charge in [0.15, 0.2) is 0 Å². The Bertz CT molecular complexity index is 402. The monoisotopic (exact) mass is 291 g/mol. The molecule has 2 N–H and O–H groups in total. The predicted molar refractivity (Wildman–Crippen MR) is 63.7 cm³/mol. The van der Waals surface area contributed by atoms with Crippen LogP contribution in [0.1, 0.15) is 25.3 Å². The standard InChI is InChI=1S/C11H12BrClFN/c1-6(15)11(4-5-11)9-8(14)3-2-7(13)10(9)12/h2-3,6H,4-5,15H2,1H3. The Labute approximate surface area is 102 Å².